The highest BCUT2D eigenvalue weighted by Gasteiger charge is 2.18. The molecule has 0 unspecified atom stereocenters. The molecule has 0 aliphatic heterocycles. The van der Waals surface area contributed by atoms with Crippen LogP contribution in [0.25, 0.3) is 11.0 Å². The smallest absolute Gasteiger partial charge is 0.344 e. The number of hydrogen-bond acceptors (Lipinski definition) is 5. The van der Waals surface area contributed by atoms with E-state index in [1.54, 1.807) is 6.20 Å². The predicted molar refractivity (Wildman–Crippen MR) is 102 cm³/mol. The van der Waals surface area contributed by atoms with Crippen LogP contribution >= 0.6 is 0 Å². The zero-order chi connectivity index (χ0) is 18.5. The number of pyridine rings is 1. The van der Waals surface area contributed by atoms with Crippen molar-refractivity contribution in [1.29, 1.82) is 0 Å². The number of benzene rings is 1. The van der Waals surface area contributed by atoms with E-state index in [1.807, 2.05) is 36.5 Å². The molecule has 0 saturated carbocycles. The second kappa shape index (κ2) is 8.25. The topological polar surface area (TPSA) is 61.6 Å². The second-order valence-electron chi connectivity index (χ2n) is 6.84. The van der Waals surface area contributed by atoms with E-state index in [0.29, 0.717) is 12.4 Å². The number of nitrogens with zero attached hydrogens (tertiary/aromatic N) is 1. The van der Waals surface area contributed by atoms with Crippen molar-refractivity contribution in [1.82, 2.24) is 4.98 Å². The summed E-state index contributed by atoms with van der Waals surface area (Å²) in [6.07, 6.45) is 9.61. The van der Waals surface area contributed by atoms with Gasteiger partial charge in [-0.25, -0.2) is 4.79 Å². The Morgan fingerprint density at radius 1 is 1.19 bits per heavy atom. The average Bonchev–Trinajstić information content (AvgIpc) is 3.08. The van der Waals surface area contributed by atoms with Crippen LogP contribution in [-0.4, -0.2) is 24.2 Å². The molecule has 1 aromatic carbocycles. The Morgan fingerprint density at radius 2 is 2.11 bits per heavy atom. The van der Waals surface area contributed by atoms with Crippen LogP contribution in [0.5, 0.6) is 5.75 Å². The lowest BCUT2D eigenvalue weighted by molar-refractivity contribution is -0.146. The van der Waals surface area contributed by atoms with Gasteiger partial charge in [-0.2, -0.15) is 0 Å². The van der Waals surface area contributed by atoms with E-state index in [4.69, 9.17) is 13.9 Å². The van der Waals surface area contributed by atoms with Crippen LogP contribution < -0.4 is 4.74 Å². The van der Waals surface area contributed by atoms with Gasteiger partial charge < -0.3 is 13.9 Å². The average molecular weight is 365 g/mol. The Hall–Kier alpha value is -2.82. The molecular weight excluding hydrogens is 342 g/mol. The van der Waals surface area contributed by atoms with Gasteiger partial charge in [0.1, 0.15) is 17.1 Å². The molecule has 27 heavy (non-hydrogen) atoms. The summed E-state index contributed by atoms with van der Waals surface area (Å²) in [6.45, 7) is 0.295. The molecule has 0 radical (unpaired) electrons. The molecule has 4 rings (SSSR count). The Balaban J connectivity index is 1.26. The number of furan rings is 1. The Morgan fingerprint density at radius 3 is 3.00 bits per heavy atom. The number of hydrogen-bond donors (Lipinski definition) is 0. The first kappa shape index (κ1) is 17.6. The van der Waals surface area contributed by atoms with Gasteiger partial charge in [0.05, 0.1) is 6.61 Å². The highest BCUT2D eigenvalue weighted by atomic mass is 16.6. The summed E-state index contributed by atoms with van der Waals surface area (Å²) in [5, 5.41) is 1.10. The van der Waals surface area contributed by atoms with Gasteiger partial charge in [0.15, 0.2) is 6.61 Å². The van der Waals surface area contributed by atoms with Gasteiger partial charge in [-0.3, -0.25) is 4.98 Å². The first-order valence-corrected chi connectivity index (χ1v) is 9.51. The summed E-state index contributed by atoms with van der Waals surface area (Å²) >= 11 is 0. The van der Waals surface area contributed by atoms with Crippen LogP contribution in [-0.2, 0) is 28.8 Å². The zero-order valence-corrected chi connectivity index (χ0v) is 15.3. The first-order chi connectivity index (χ1) is 13.3. The SMILES string of the molecule is O=C(COc1ccc2oc3c(c2c1)CCCC3)OCCCc1cccnc1. The maximum atomic E-state index is 11.9. The van der Waals surface area contributed by atoms with Crippen LogP contribution in [0.4, 0.5) is 0 Å². The number of esters is 1. The molecular formula is C22H23NO4. The number of fused-ring (bicyclic) bond motifs is 3. The van der Waals surface area contributed by atoms with Crippen molar-refractivity contribution in [3.8, 4) is 5.75 Å². The molecule has 0 saturated heterocycles. The number of rotatable bonds is 7. The van der Waals surface area contributed by atoms with E-state index >= 15 is 0 Å². The molecule has 2 aromatic heterocycles. The molecule has 1 aliphatic rings. The molecule has 2 heterocycles. The van der Waals surface area contributed by atoms with Crippen LogP contribution in [0.3, 0.4) is 0 Å². The van der Waals surface area contributed by atoms with E-state index in [0.717, 1.165) is 48.0 Å². The van der Waals surface area contributed by atoms with E-state index in [-0.39, 0.29) is 12.6 Å². The zero-order valence-electron chi connectivity index (χ0n) is 15.3. The Bertz CT molecular complexity index is 917. The monoisotopic (exact) mass is 365 g/mol. The van der Waals surface area contributed by atoms with E-state index in [9.17, 15) is 4.79 Å². The lowest BCUT2D eigenvalue weighted by Crippen LogP contribution is -2.15. The largest absolute Gasteiger partial charge is 0.482 e. The molecule has 140 valence electrons. The first-order valence-electron chi connectivity index (χ1n) is 9.51. The van der Waals surface area contributed by atoms with Gasteiger partial charge in [-0.15, -0.1) is 0 Å². The van der Waals surface area contributed by atoms with Crippen molar-refractivity contribution in [2.24, 2.45) is 0 Å². The molecule has 0 fully saturated rings. The van der Waals surface area contributed by atoms with Gasteiger partial charge >= 0.3 is 5.97 Å². The van der Waals surface area contributed by atoms with Crippen molar-refractivity contribution in [3.63, 3.8) is 0 Å². The molecule has 0 bridgehead atoms. The Kier molecular flexibility index (Phi) is 5.37. The number of carbonyl (C=O) groups excluding carboxylic acids is 1. The predicted octanol–water partition coefficient (Wildman–Crippen LogP) is 4.26. The molecule has 5 heteroatoms. The van der Waals surface area contributed by atoms with Gasteiger partial charge in [0.25, 0.3) is 0 Å². The van der Waals surface area contributed by atoms with E-state index < -0.39 is 0 Å². The van der Waals surface area contributed by atoms with Crippen molar-refractivity contribution in [2.45, 2.75) is 38.5 Å². The normalized spacial score (nSPS) is 13.3. The second-order valence-corrected chi connectivity index (χ2v) is 6.84. The third-order valence-corrected chi connectivity index (χ3v) is 4.88. The van der Waals surface area contributed by atoms with Crippen LogP contribution in [0, 0.1) is 0 Å². The quantitative estimate of drug-likeness (QED) is 0.462. The van der Waals surface area contributed by atoms with Gasteiger partial charge in [-0.1, -0.05) is 6.07 Å². The molecule has 0 amide bonds. The van der Waals surface area contributed by atoms with Gasteiger partial charge in [-0.05, 0) is 61.9 Å². The van der Waals surface area contributed by atoms with Gasteiger partial charge in [0.2, 0.25) is 0 Å². The lowest BCUT2D eigenvalue weighted by Gasteiger charge is -2.09. The third-order valence-electron chi connectivity index (χ3n) is 4.88. The highest BCUT2D eigenvalue weighted by molar-refractivity contribution is 5.84. The summed E-state index contributed by atoms with van der Waals surface area (Å²) in [7, 11) is 0. The molecule has 5 nitrogen and oxygen atoms in total. The number of carbonyl (C=O) groups is 1. The Labute approximate surface area is 158 Å². The minimum atomic E-state index is -0.351. The minimum Gasteiger partial charge on any atom is -0.482 e. The highest BCUT2D eigenvalue weighted by Crippen LogP contribution is 2.33. The maximum Gasteiger partial charge on any atom is 0.344 e. The summed E-state index contributed by atoms with van der Waals surface area (Å²) in [4.78, 5) is 16.0. The molecule has 1 aliphatic carbocycles. The van der Waals surface area contributed by atoms with Crippen molar-refractivity contribution >= 4 is 16.9 Å². The van der Waals surface area contributed by atoms with Crippen molar-refractivity contribution < 1.29 is 18.7 Å². The van der Waals surface area contributed by atoms with Crippen molar-refractivity contribution in [3.05, 3.63) is 59.6 Å². The summed E-state index contributed by atoms with van der Waals surface area (Å²) in [5.41, 5.74) is 3.33. The number of aromatic nitrogens is 1. The summed E-state index contributed by atoms with van der Waals surface area (Å²) < 4.78 is 16.8. The molecule has 0 N–H and O–H groups in total. The third kappa shape index (κ3) is 4.30. The van der Waals surface area contributed by atoms with E-state index in [1.165, 1.54) is 18.4 Å². The van der Waals surface area contributed by atoms with Crippen LogP contribution in [0.15, 0.2) is 47.1 Å². The van der Waals surface area contributed by atoms with Crippen LogP contribution in [0.2, 0.25) is 0 Å². The fourth-order valence-electron chi connectivity index (χ4n) is 3.52. The van der Waals surface area contributed by atoms with Crippen LogP contribution in [0.1, 0.15) is 36.1 Å². The summed E-state index contributed by atoms with van der Waals surface area (Å²) in [5.74, 6) is 1.42. The fourth-order valence-corrected chi connectivity index (χ4v) is 3.52. The molecule has 0 spiro atoms. The maximum absolute atomic E-state index is 11.9. The minimum absolute atomic E-state index is 0.0849. The molecule has 3 aromatic rings. The lowest BCUT2D eigenvalue weighted by atomic mass is 9.96. The fraction of sp³-hybridized carbons (Fsp3) is 0.364. The number of ether oxygens (including phenoxy) is 2. The van der Waals surface area contributed by atoms with Gasteiger partial charge in [0, 0.05) is 29.8 Å². The summed E-state index contributed by atoms with van der Waals surface area (Å²) in [6, 6.07) is 9.65. The standard InChI is InChI=1S/C22H23NO4/c24-22(25-12-4-6-16-5-3-11-23-14-16)15-26-17-9-10-21-19(13-17)18-7-1-2-8-20(18)27-21/h3,5,9-11,13-14H,1-2,4,6-8,12,15H2. The van der Waals surface area contributed by atoms with Crippen molar-refractivity contribution in [2.75, 3.05) is 13.2 Å². The number of aryl methyl sites for hydroxylation is 3. The molecule has 0 atom stereocenters. The van der Waals surface area contributed by atoms with E-state index in [2.05, 4.69) is 4.98 Å².